The molecule has 2 rings (SSSR count). The van der Waals surface area contributed by atoms with Crippen molar-refractivity contribution in [3.8, 4) is 5.75 Å². The van der Waals surface area contributed by atoms with Crippen LogP contribution in [0.4, 0.5) is 0 Å². The van der Waals surface area contributed by atoms with E-state index in [0.29, 0.717) is 12.2 Å². The molecule has 3 N–H and O–H groups in total. The monoisotopic (exact) mass is 419 g/mol. The third-order valence-electron chi connectivity index (χ3n) is 4.20. The average molecular weight is 420 g/mol. The molecule has 0 aliphatic carbocycles. The molecule has 0 fully saturated rings. The summed E-state index contributed by atoms with van der Waals surface area (Å²) >= 11 is 0. The molecule has 2 aromatic rings. The number of amides is 2. The van der Waals surface area contributed by atoms with Gasteiger partial charge in [-0.25, -0.2) is 13.1 Å². The smallest absolute Gasteiger partial charge is 0.276 e. The topological polar surface area (TPSA) is 114 Å². The van der Waals surface area contributed by atoms with Gasteiger partial charge in [0.1, 0.15) is 5.75 Å². The van der Waals surface area contributed by atoms with Gasteiger partial charge in [-0.15, -0.1) is 0 Å². The number of hydrogen-bond acceptors (Lipinski definition) is 5. The second kappa shape index (κ2) is 10.6. The minimum Gasteiger partial charge on any atom is -0.483 e. The van der Waals surface area contributed by atoms with E-state index in [1.807, 2.05) is 25.1 Å². The fraction of sp³-hybridized carbons (Fsp3) is 0.300. The van der Waals surface area contributed by atoms with Crippen LogP contribution in [0.15, 0.2) is 53.4 Å². The van der Waals surface area contributed by atoms with Gasteiger partial charge in [-0.3, -0.25) is 20.4 Å². The minimum atomic E-state index is -3.48. The van der Waals surface area contributed by atoms with Gasteiger partial charge in [0.05, 0.1) is 4.90 Å². The largest absolute Gasteiger partial charge is 0.483 e. The van der Waals surface area contributed by atoms with Crippen LogP contribution < -0.4 is 20.3 Å². The minimum absolute atomic E-state index is 0.137. The van der Waals surface area contributed by atoms with Crippen molar-refractivity contribution in [2.24, 2.45) is 0 Å². The van der Waals surface area contributed by atoms with Crippen LogP contribution in [0.2, 0.25) is 0 Å². The maximum absolute atomic E-state index is 11.9. The first kappa shape index (κ1) is 22.4. The summed E-state index contributed by atoms with van der Waals surface area (Å²) in [5.74, 6) is -0.190. The molecule has 8 nitrogen and oxygen atoms in total. The van der Waals surface area contributed by atoms with Crippen molar-refractivity contribution in [1.82, 2.24) is 15.6 Å². The third kappa shape index (κ3) is 6.88. The molecule has 29 heavy (non-hydrogen) atoms. The van der Waals surface area contributed by atoms with E-state index in [-0.39, 0.29) is 23.8 Å². The van der Waals surface area contributed by atoms with Crippen molar-refractivity contribution in [2.45, 2.75) is 31.1 Å². The van der Waals surface area contributed by atoms with Gasteiger partial charge in [0, 0.05) is 6.42 Å². The van der Waals surface area contributed by atoms with E-state index in [2.05, 4.69) is 15.6 Å². The zero-order valence-corrected chi connectivity index (χ0v) is 17.2. The highest BCUT2D eigenvalue weighted by Gasteiger charge is 2.11. The van der Waals surface area contributed by atoms with Crippen LogP contribution in [-0.4, -0.2) is 33.9 Å². The Labute approximate surface area is 170 Å². The standard InChI is InChI=1S/C20H25N3O5S/c1-3-16-6-4-5-7-18(16)28-14-20(25)23-22-19(24)13-10-15-8-11-17(12-9-15)29(26,27)21-2/h4-9,11-12,21H,3,10,13-14H2,1-2H3,(H,22,24)(H,23,25). The van der Waals surface area contributed by atoms with Gasteiger partial charge in [0.15, 0.2) is 6.61 Å². The van der Waals surface area contributed by atoms with E-state index in [1.165, 1.54) is 19.2 Å². The fourth-order valence-corrected chi connectivity index (χ4v) is 3.26. The molecule has 0 saturated heterocycles. The van der Waals surface area contributed by atoms with Crippen molar-refractivity contribution >= 4 is 21.8 Å². The number of benzene rings is 2. The highest BCUT2D eigenvalue weighted by Crippen LogP contribution is 2.17. The second-order valence-corrected chi connectivity index (χ2v) is 8.08. The molecule has 0 bridgehead atoms. The van der Waals surface area contributed by atoms with Gasteiger partial charge in [0.25, 0.3) is 5.91 Å². The van der Waals surface area contributed by atoms with Crippen molar-refractivity contribution < 1.29 is 22.7 Å². The molecule has 0 heterocycles. The Kier molecular flexibility index (Phi) is 8.17. The summed E-state index contributed by atoms with van der Waals surface area (Å²) in [6.45, 7) is 1.79. The summed E-state index contributed by atoms with van der Waals surface area (Å²) < 4.78 is 31.1. The van der Waals surface area contributed by atoms with E-state index >= 15 is 0 Å². The molecule has 2 aromatic carbocycles. The average Bonchev–Trinajstić information content (AvgIpc) is 2.75. The van der Waals surface area contributed by atoms with E-state index in [9.17, 15) is 18.0 Å². The molecule has 0 aliphatic heterocycles. The van der Waals surface area contributed by atoms with Crippen LogP contribution in [0, 0.1) is 0 Å². The zero-order chi connectivity index (χ0) is 21.3. The normalized spacial score (nSPS) is 11.0. The van der Waals surface area contributed by atoms with E-state index in [1.54, 1.807) is 18.2 Å². The van der Waals surface area contributed by atoms with Crippen LogP contribution in [0.5, 0.6) is 5.75 Å². The highest BCUT2D eigenvalue weighted by atomic mass is 32.2. The van der Waals surface area contributed by atoms with Crippen LogP contribution in [0.1, 0.15) is 24.5 Å². The first-order valence-corrected chi connectivity index (χ1v) is 10.6. The van der Waals surface area contributed by atoms with Gasteiger partial charge in [-0.2, -0.15) is 0 Å². The number of rotatable bonds is 9. The number of nitrogens with one attached hydrogen (secondary N) is 3. The van der Waals surface area contributed by atoms with Gasteiger partial charge >= 0.3 is 0 Å². The van der Waals surface area contributed by atoms with Gasteiger partial charge in [-0.05, 0) is 49.2 Å². The summed E-state index contributed by atoms with van der Waals surface area (Å²) in [4.78, 5) is 23.9. The summed E-state index contributed by atoms with van der Waals surface area (Å²) in [6, 6.07) is 13.7. The summed E-state index contributed by atoms with van der Waals surface area (Å²) in [7, 11) is -2.14. The van der Waals surface area contributed by atoms with E-state index < -0.39 is 15.9 Å². The molecule has 0 spiro atoms. The number of hydrazine groups is 1. The quantitative estimate of drug-likeness (QED) is 0.531. The molecule has 0 atom stereocenters. The lowest BCUT2D eigenvalue weighted by molar-refractivity contribution is -0.130. The summed E-state index contributed by atoms with van der Waals surface area (Å²) in [6.07, 6.45) is 1.33. The lowest BCUT2D eigenvalue weighted by atomic mass is 10.1. The summed E-state index contributed by atoms with van der Waals surface area (Å²) in [5.41, 5.74) is 6.45. The molecule has 2 amide bonds. The highest BCUT2D eigenvalue weighted by molar-refractivity contribution is 7.89. The molecular formula is C20H25N3O5S. The number of ether oxygens (including phenoxy) is 1. The Morgan fingerprint density at radius 3 is 2.28 bits per heavy atom. The lowest BCUT2D eigenvalue weighted by Gasteiger charge is -2.11. The second-order valence-electron chi connectivity index (χ2n) is 6.20. The summed E-state index contributed by atoms with van der Waals surface area (Å²) in [5, 5.41) is 0. The first-order chi connectivity index (χ1) is 13.9. The number of carbonyl (C=O) groups is 2. The van der Waals surface area contributed by atoms with Crippen molar-refractivity contribution in [3.05, 3.63) is 59.7 Å². The SMILES string of the molecule is CCc1ccccc1OCC(=O)NNC(=O)CCc1ccc(S(=O)(=O)NC)cc1. The van der Waals surface area contributed by atoms with Crippen LogP contribution in [-0.2, 0) is 32.5 Å². The Hall–Kier alpha value is -2.91. The molecular weight excluding hydrogens is 394 g/mol. The lowest BCUT2D eigenvalue weighted by Crippen LogP contribution is -2.43. The number of aryl methyl sites for hydroxylation is 2. The van der Waals surface area contributed by atoms with Crippen molar-refractivity contribution in [1.29, 1.82) is 0 Å². The molecule has 0 aromatic heterocycles. The fourth-order valence-electron chi connectivity index (χ4n) is 2.53. The predicted octanol–water partition coefficient (Wildman–Crippen LogP) is 1.32. The van der Waals surface area contributed by atoms with Gasteiger partial charge < -0.3 is 4.74 Å². The zero-order valence-electron chi connectivity index (χ0n) is 16.4. The number of para-hydroxylation sites is 1. The number of carbonyl (C=O) groups excluding carboxylic acids is 2. The third-order valence-corrected chi connectivity index (χ3v) is 5.63. The van der Waals surface area contributed by atoms with Gasteiger partial charge in [-0.1, -0.05) is 37.3 Å². The molecule has 0 unspecified atom stereocenters. The molecule has 156 valence electrons. The Bertz CT molecular complexity index is 943. The van der Waals surface area contributed by atoms with Crippen LogP contribution >= 0.6 is 0 Å². The van der Waals surface area contributed by atoms with Gasteiger partial charge in [0.2, 0.25) is 15.9 Å². The van der Waals surface area contributed by atoms with E-state index in [4.69, 9.17) is 4.74 Å². The molecule has 0 saturated carbocycles. The van der Waals surface area contributed by atoms with E-state index in [0.717, 1.165) is 17.5 Å². The predicted molar refractivity (Wildman–Crippen MR) is 109 cm³/mol. The molecule has 0 radical (unpaired) electrons. The number of sulfonamides is 1. The van der Waals surface area contributed by atoms with Crippen molar-refractivity contribution in [3.63, 3.8) is 0 Å². The molecule has 9 heteroatoms. The Balaban J connectivity index is 1.73. The van der Waals surface area contributed by atoms with Crippen LogP contribution in [0.25, 0.3) is 0 Å². The Morgan fingerprint density at radius 2 is 1.62 bits per heavy atom. The Morgan fingerprint density at radius 1 is 0.966 bits per heavy atom. The maximum Gasteiger partial charge on any atom is 0.276 e. The molecule has 0 aliphatic rings. The van der Waals surface area contributed by atoms with Crippen molar-refractivity contribution in [2.75, 3.05) is 13.7 Å². The number of hydrogen-bond donors (Lipinski definition) is 3. The maximum atomic E-state index is 11.9. The van der Waals surface area contributed by atoms with Crippen LogP contribution in [0.3, 0.4) is 0 Å². The first-order valence-electron chi connectivity index (χ1n) is 9.16.